The van der Waals surface area contributed by atoms with E-state index in [1.54, 1.807) is 29.0 Å². The van der Waals surface area contributed by atoms with Crippen LogP contribution in [-0.4, -0.2) is 50.1 Å². The van der Waals surface area contributed by atoms with Crippen molar-refractivity contribution in [3.8, 4) is 0 Å². The summed E-state index contributed by atoms with van der Waals surface area (Å²) in [6, 6.07) is 7.22. The van der Waals surface area contributed by atoms with Crippen molar-refractivity contribution >= 4 is 22.6 Å². The van der Waals surface area contributed by atoms with Gasteiger partial charge in [-0.15, -0.1) is 0 Å². The van der Waals surface area contributed by atoms with E-state index in [0.717, 1.165) is 0 Å². The first-order valence-electron chi connectivity index (χ1n) is 8.48. The Kier molecular flexibility index (Phi) is 3.42. The van der Waals surface area contributed by atoms with Gasteiger partial charge >= 0.3 is 0 Å². The number of carbonyl (C=O) groups is 2. The van der Waals surface area contributed by atoms with Gasteiger partial charge in [0.05, 0.1) is 17.5 Å². The molecule has 0 saturated carbocycles. The molecule has 1 aromatic heterocycles. The van der Waals surface area contributed by atoms with Crippen LogP contribution in [0.3, 0.4) is 0 Å². The first kappa shape index (κ1) is 15.8. The summed E-state index contributed by atoms with van der Waals surface area (Å²) in [5.41, 5.74) is -0.105. The van der Waals surface area contributed by atoms with Gasteiger partial charge in [-0.2, -0.15) is 5.10 Å². The van der Waals surface area contributed by atoms with E-state index in [1.807, 2.05) is 19.1 Å². The van der Waals surface area contributed by atoms with Crippen molar-refractivity contribution in [1.29, 1.82) is 0 Å². The fraction of sp³-hybridized carbons (Fsp3) is 0.444. The van der Waals surface area contributed by atoms with Gasteiger partial charge in [-0.1, -0.05) is 18.2 Å². The first-order chi connectivity index (χ1) is 11.9. The van der Waals surface area contributed by atoms with Crippen molar-refractivity contribution in [3.05, 3.63) is 40.3 Å². The second kappa shape index (κ2) is 5.40. The Labute approximate surface area is 144 Å². The molecule has 1 atom stereocenters. The van der Waals surface area contributed by atoms with Gasteiger partial charge in [-0.05, 0) is 19.4 Å². The van der Waals surface area contributed by atoms with Crippen LogP contribution in [0.2, 0.25) is 0 Å². The van der Waals surface area contributed by atoms with Crippen molar-refractivity contribution in [2.75, 3.05) is 13.1 Å². The normalized spacial score (nSPS) is 22.7. The molecule has 7 nitrogen and oxygen atoms in total. The van der Waals surface area contributed by atoms with Crippen LogP contribution in [0.15, 0.2) is 29.1 Å². The zero-order valence-corrected chi connectivity index (χ0v) is 14.4. The molecule has 2 aliphatic rings. The van der Waals surface area contributed by atoms with Gasteiger partial charge in [-0.25, -0.2) is 4.68 Å². The highest BCUT2D eigenvalue weighted by Gasteiger charge is 2.51. The molecule has 3 heterocycles. The van der Waals surface area contributed by atoms with Gasteiger partial charge in [0.25, 0.3) is 5.56 Å². The minimum absolute atomic E-state index is 0.0593. The van der Waals surface area contributed by atoms with Gasteiger partial charge in [0, 0.05) is 31.9 Å². The SMILES string of the molecule is Cn1nc(CC(=O)N2CCN3C(=O)CCC32C)c2ccccc2c1=O. The summed E-state index contributed by atoms with van der Waals surface area (Å²) in [7, 11) is 1.59. The molecule has 2 aliphatic heterocycles. The average Bonchev–Trinajstić information content (AvgIpc) is 3.08. The summed E-state index contributed by atoms with van der Waals surface area (Å²) in [6.45, 7) is 3.09. The molecule has 7 heteroatoms. The molecule has 0 aliphatic carbocycles. The zero-order chi connectivity index (χ0) is 17.8. The largest absolute Gasteiger partial charge is 0.318 e. The summed E-state index contributed by atoms with van der Waals surface area (Å²) in [4.78, 5) is 40.8. The molecule has 0 N–H and O–H groups in total. The van der Waals surface area contributed by atoms with Crippen molar-refractivity contribution in [1.82, 2.24) is 19.6 Å². The van der Waals surface area contributed by atoms with E-state index in [0.29, 0.717) is 42.4 Å². The van der Waals surface area contributed by atoms with E-state index in [2.05, 4.69) is 5.10 Å². The third-order valence-electron chi connectivity index (χ3n) is 5.48. The molecule has 2 saturated heterocycles. The quantitative estimate of drug-likeness (QED) is 0.805. The molecule has 0 spiro atoms. The molecule has 0 radical (unpaired) electrons. The molecule has 1 aromatic carbocycles. The highest BCUT2D eigenvalue weighted by molar-refractivity contribution is 5.89. The van der Waals surface area contributed by atoms with Gasteiger partial charge in [0.1, 0.15) is 5.66 Å². The number of carbonyl (C=O) groups excluding carboxylic acids is 2. The van der Waals surface area contributed by atoms with E-state index < -0.39 is 5.66 Å². The number of hydrogen-bond donors (Lipinski definition) is 0. The summed E-state index contributed by atoms with van der Waals surface area (Å²) in [5, 5.41) is 5.59. The summed E-state index contributed by atoms with van der Waals surface area (Å²) < 4.78 is 1.28. The number of fused-ring (bicyclic) bond motifs is 2. The third kappa shape index (κ3) is 2.26. The van der Waals surface area contributed by atoms with Gasteiger partial charge < -0.3 is 9.80 Å². The van der Waals surface area contributed by atoms with Gasteiger partial charge in [0.15, 0.2) is 0 Å². The minimum atomic E-state index is -0.523. The highest BCUT2D eigenvalue weighted by Crippen LogP contribution is 2.37. The lowest BCUT2D eigenvalue weighted by Crippen LogP contribution is -2.51. The van der Waals surface area contributed by atoms with E-state index in [9.17, 15) is 14.4 Å². The fourth-order valence-electron chi connectivity index (χ4n) is 4.11. The third-order valence-corrected chi connectivity index (χ3v) is 5.48. The first-order valence-corrected chi connectivity index (χ1v) is 8.48. The van der Waals surface area contributed by atoms with E-state index in [1.165, 1.54) is 4.68 Å². The van der Waals surface area contributed by atoms with Crippen LogP contribution >= 0.6 is 0 Å². The number of amides is 2. The number of nitrogens with zero attached hydrogens (tertiary/aromatic N) is 4. The Morgan fingerprint density at radius 3 is 2.68 bits per heavy atom. The molecule has 4 rings (SSSR count). The van der Waals surface area contributed by atoms with Gasteiger partial charge in [0.2, 0.25) is 11.8 Å². The number of aryl methyl sites for hydroxylation is 1. The van der Waals surface area contributed by atoms with Crippen LogP contribution in [0.5, 0.6) is 0 Å². The minimum Gasteiger partial charge on any atom is -0.318 e. The number of rotatable bonds is 2. The maximum absolute atomic E-state index is 13.0. The Balaban J connectivity index is 1.69. The lowest BCUT2D eigenvalue weighted by atomic mass is 10.1. The number of benzene rings is 1. The van der Waals surface area contributed by atoms with Crippen LogP contribution in [0.4, 0.5) is 0 Å². The molecule has 1 unspecified atom stereocenters. The molecular weight excluding hydrogens is 320 g/mol. The van der Waals surface area contributed by atoms with Crippen LogP contribution in [-0.2, 0) is 23.1 Å². The topological polar surface area (TPSA) is 75.5 Å². The van der Waals surface area contributed by atoms with Crippen molar-refractivity contribution in [2.24, 2.45) is 7.05 Å². The Hall–Kier alpha value is -2.70. The van der Waals surface area contributed by atoms with E-state index in [-0.39, 0.29) is 23.8 Å². The maximum atomic E-state index is 13.0. The van der Waals surface area contributed by atoms with E-state index in [4.69, 9.17) is 0 Å². The predicted octanol–water partition coefficient (Wildman–Crippen LogP) is 0.657. The summed E-state index contributed by atoms with van der Waals surface area (Å²) in [5.74, 6) is 0.0551. The maximum Gasteiger partial charge on any atom is 0.274 e. The monoisotopic (exact) mass is 340 g/mol. The summed E-state index contributed by atoms with van der Waals surface area (Å²) in [6.07, 6.45) is 1.27. The molecule has 2 amide bonds. The predicted molar refractivity (Wildman–Crippen MR) is 91.8 cm³/mol. The Morgan fingerprint density at radius 2 is 1.92 bits per heavy atom. The van der Waals surface area contributed by atoms with Crippen molar-refractivity contribution in [3.63, 3.8) is 0 Å². The van der Waals surface area contributed by atoms with Crippen LogP contribution in [0.25, 0.3) is 10.8 Å². The molecule has 25 heavy (non-hydrogen) atoms. The molecular formula is C18H20N4O3. The lowest BCUT2D eigenvalue weighted by molar-refractivity contribution is -0.139. The number of aromatic nitrogens is 2. The van der Waals surface area contributed by atoms with Crippen LogP contribution in [0, 0.1) is 0 Å². The van der Waals surface area contributed by atoms with Crippen LogP contribution in [0.1, 0.15) is 25.5 Å². The number of hydrogen-bond acceptors (Lipinski definition) is 4. The molecule has 2 fully saturated rings. The van der Waals surface area contributed by atoms with Gasteiger partial charge in [-0.3, -0.25) is 14.4 Å². The summed E-state index contributed by atoms with van der Waals surface area (Å²) >= 11 is 0. The van der Waals surface area contributed by atoms with E-state index >= 15 is 0 Å². The molecule has 0 bridgehead atoms. The Bertz CT molecular complexity index is 951. The van der Waals surface area contributed by atoms with Crippen LogP contribution < -0.4 is 5.56 Å². The Morgan fingerprint density at radius 1 is 1.20 bits per heavy atom. The average molecular weight is 340 g/mol. The zero-order valence-electron chi connectivity index (χ0n) is 14.4. The smallest absolute Gasteiger partial charge is 0.274 e. The van der Waals surface area contributed by atoms with Crippen molar-refractivity contribution in [2.45, 2.75) is 31.8 Å². The molecule has 130 valence electrons. The standard InChI is InChI=1S/C18H20N4O3/c1-18-8-7-15(23)21(18)9-10-22(18)16(24)11-14-12-5-3-4-6-13(12)17(25)20(2)19-14/h3-6H,7-11H2,1-2H3. The molecule has 2 aromatic rings. The van der Waals surface area contributed by atoms with Crippen molar-refractivity contribution < 1.29 is 9.59 Å². The fourth-order valence-corrected chi connectivity index (χ4v) is 4.11. The highest BCUT2D eigenvalue weighted by atomic mass is 16.2. The lowest BCUT2D eigenvalue weighted by Gasteiger charge is -2.35. The second-order valence-electron chi connectivity index (χ2n) is 6.91. The second-order valence-corrected chi connectivity index (χ2v) is 6.91.